The Hall–Kier alpha value is -3.12. The first-order valence-electron chi connectivity index (χ1n) is 7.69. The number of rotatable bonds is 3. The number of benzene rings is 2. The van der Waals surface area contributed by atoms with Crippen LogP contribution in [-0.4, -0.2) is 11.8 Å². The summed E-state index contributed by atoms with van der Waals surface area (Å²) in [5, 5.41) is 5.03. The summed E-state index contributed by atoms with van der Waals surface area (Å²) in [6.45, 7) is 0. The zero-order valence-electron chi connectivity index (χ0n) is 13.1. The van der Waals surface area contributed by atoms with E-state index in [4.69, 9.17) is 10.5 Å². The van der Waals surface area contributed by atoms with Gasteiger partial charge in [0.15, 0.2) is 0 Å². The molecular formula is C19H14N2O3S. The fourth-order valence-corrected chi connectivity index (χ4v) is 3.77. The average Bonchev–Trinajstić information content (AvgIpc) is 3.07. The quantitative estimate of drug-likeness (QED) is 0.755. The molecule has 0 fully saturated rings. The molecule has 0 saturated carbocycles. The Bertz CT molecular complexity index is 935. The van der Waals surface area contributed by atoms with Crippen molar-refractivity contribution in [2.24, 2.45) is 5.73 Å². The second-order valence-corrected chi connectivity index (χ2v) is 6.54. The van der Waals surface area contributed by atoms with Gasteiger partial charge in [-0.2, -0.15) is 0 Å². The molecule has 3 N–H and O–H groups in total. The number of nitrogens with two attached hydrogens (primary N) is 1. The van der Waals surface area contributed by atoms with E-state index >= 15 is 0 Å². The van der Waals surface area contributed by atoms with Crippen LogP contribution in [0.2, 0.25) is 0 Å². The molecule has 0 atom stereocenters. The number of thiophene rings is 1. The lowest BCUT2D eigenvalue weighted by Gasteiger charge is -2.27. The van der Waals surface area contributed by atoms with E-state index in [-0.39, 0.29) is 5.91 Å². The third-order valence-electron chi connectivity index (χ3n) is 4.11. The number of hydrogen-bond donors (Lipinski definition) is 2. The van der Waals surface area contributed by atoms with Crippen molar-refractivity contribution in [1.29, 1.82) is 0 Å². The summed E-state index contributed by atoms with van der Waals surface area (Å²) in [6, 6.07) is 16.5. The van der Waals surface area contributed by atoms with Crippen molar-refractivity contribution in [2.45, 2.75) is 5.92 Å². The molecule has 0 aliphatic carbocycles. The number of anilines is 1. The summed E-state index contributed by atoms with van der Waals surface area (Å²) in [5.41, 5.74) is 7.25. The van der Waals surface area contributed by atoms with Crippen LogP contribution in [0.15, 0.2) is 60.0 Å². The van der Waals surface area contributed by atoms with Gasteiger partial charge in [0.25, 0.3) is 5.91 Å². The Kier molecular flexibility index (Phi) is 3.74. The van der Waals surface area contributed by atoms with Gasteiger partial charge < -0.3 is 15.8 Å². The van der Waals surface area contributed by atoms with Crippen LogP contribution in [0.5, 0.6) is 11.5 Å². The number of ether oxygens (including phenoxy) is 1. The molecule has 1 aliphatic rings. The third-order valence-corrected chi connectivity index (χ3v) is 4.94. The Balaban J connectivity index is 1.75. The van der Waals surface area contributed by atoms with Gasteiger partial charge in [0.05, 0.1) is 11.5 Å². The van der Waals surface area contributed by atoms with E-state index in [1.54, 1.807) is 11.4 Å². The molecule has 2 amide bonds. The third kappa shape index (κ3) is 2.66. The van der Waals surface area contributed by atoms with Gasteiger partial charge in [-0.3, -0.25) is 9.59 Å². The van der Waals surface area contributed by atoms with Gasteiger partial charge in [-0.1, -0.05) is 36.4 Å². The Morgan fingerprint density at radius 1 is 0.960 bits per heavy atom. The first-order valence-corrected chi connectivity index (χ1v) is 8.57. The van der Waals surface area contributed by atoms with E-state index in [2.05, 4.69) is 5.32 Å². The molecule has 0 bridgehead atoms. The van der Waals surface area contributed by atoms with Crippen molar-refractivity contribution in [1.82, 2.24) is 0 Å². The number of nitrogens with one attached hydrogen (secondary N) is 1. The number of carbonyl (C=O) groups is 2. The summed E-state index contributed by atoms with van der Waals surface area (Å²) < 4.78 is 5.90. The van der Waals surface area contributed by atoms with Crippen LogP contribution >= 0.6 is 11.3 Å². The Labute approximate surface area is 148 Å². The second-order valence-electron chi connectivity index (χ2n) is 5.63. The normalized spacial score (nSPS) is 12.6. The summed E-state index contributed by atoms with van der Waals surface area (Å²) in [6.07, 6.45) is 0. The largest absolute Gasteiger partial charge is 0.457 e. The fourth-order valence-electron chi connectivity index (χ4n) is 2.98. The minimum absolute atomic E-state index is 0.229. The average molecular weight is 350 g/mol. The molecule has 3 aromatic rings. The number of para-hydroxylation sites is 2. The number of hydrogen-bond acceptors (Lipinski definition) is 4. The summed E-state index contributed by atoms with van der Waals surface area (Å²) in [4.78, 5) is 24.5. The molecule has 1 aliphatic heterocycles. The number of fused-ring (bicyclic) bond motifs is 2. The topological polar surface area (TPSA) is 81.4 Å². The Morgan fingerprint density at radius 2 is 1.56 bits per heavy atom. The van der Waals surface area contributed by atoms with Crippen molar-refractivity contribution in [3.8, 4) is 11.5 Å². The molecule has 2 aromatic carbocycles. The van der Waals surface area contributed by atoms with Crippen LogP contribution in [0.1, 0.15) is 27.4 Å². The van der Waals surface area contributed by atoms with Crippen LogP contribution in [0.3, 0.4) is 0 Å². The van der Waals surface area contributed by atoms with Gasteiger partial charge in [0.1, 0.15) is 16.5 Å². The first kappa shape index (κ1) is 15.4. The molecule has 5 nitrogen and oxygen atoms in total. The van der Waals surface area contributed by atoms with Crippen molar-refractivity contribution >= 4 is 28.2 Å². The Morgan fingerprint density at radius 3 is 2.16 bits per heavy atom. The molecule has 0 unspecified atom stereocenters. The minimum Gasteiger partial charge on any atom is -0.457 e. The van der Waals surface area contributed by atoms with Crippen molar-refractivity contribution < 1.29 is 14.3 Å². The lowest BCUT2D eigenvalue weighted by atomic mass is 9.87. The van der Waals surface area contributed by atoms with Crippen molar-refractivity contribution in [3.63, 3.8) is 0 Å². The SMILES string of the molecule is NC(=O)c1ccsc1NC(=O)C1c2ccccc2Oc2ccccc21. The molecule has 0 saturated heterocycles. The zero-order valence-corrected chi connectivity index (χ0v) is 13.9. The highest BCUT2D eigenvalue weighted by molar-refractivity contribution is 7.14. The van der Waals surface area contributed by atoms with E-state index in [1.807, 2.05) is 48.5 Å². The van der Waals surface area contributed by atoms with Crippen LogP contribution in [0, 0.1) is 0 Å². The van der Waals surface area contributed by atoms with Gasteiger partial charge in [-0.25, -0.2) is 0 Å². The monoisotopic (exact) mass is 350 g/mol. The fraction of sp³-hybridized carbons (Fsp3) is 0.0526. The highest BCUT2D eigenvalue weighted by Crippen LogP contribution is 2.44. The van der Waals surface area contributed by atoms with Crippen LogP contribution in [0.4, 0.5) is 5.00 Å². The van der Waals surface area contributed by atoms with Gasteiger partial charge in [-0.05, 0) is 23.6 Å². The zero-order chi connectivity index (χ0) is 17.4. The van der Waals surface area contributed by atoms with E-state index in [0.717, 1.165) is 11.1 Å². The summed E-state index contributed by atoms with van der Waals surface area (Å²) in [7, 11) is 0. The first-order chi connectivity index (χ1) is 12.1. The maximum atomic E-state index is 13.1. The van der Waals surface area contributed by atoms with Gasteiger partial charge in [0.2, 0.25) is 5.91 Å². The summed E-state index contributed by atoms with van der Waals surface area (Å²) in [5.74, 6) is -0.00763. The molecule has 0 radical (unpaired) electrons. The van der Waals surface area contributed by atoms with E-state index < -0.39 is 11.8 Å². The van der Waals surface area contributed by atoms with E-state index in [0.29, 0.717) is 22.1 Å². The molecule has 6 heteroatoms. The van der Waals surface area contributed by atoms with Gasteiger partial charge >= 0.3 is 0 Å². The smallest absolute Gasteiger partial charge is 0.251 e. The predicted octanol–water partition coefficient (Wildman–Crippen LogP) is 3.72. The van der Waals surface area contributed by atoms with E-state index in [1.165, 1.54) is 11.3 Å². The molecule has 4 rings (SSSR count). The van der Waals surface area contributed by atoms with Gasteiger partial charge in [-0.15, -0.1) is 11.3 Å². The molecule has 2 heterocycles. The number of primary amides is 1. The molecule has 25 heavy (non-hydrogen) atoms. The molecular weight excluding hydrogens is 336 g/mol. The molecule has 1 aromatic heterocycles. The standard InChI is InChI=1S/C19H14N2O3S/c20-17(22)13-9-10-25-19(13)21-18(23)16-11-5-1-3-7-14(11)24-15-8-4-2-6-12(15)16/h1-10,16H,(H2,20,22)(H,21,23). The van der Waals surface area contributed by atoms with Crippen LogP contribution in [0.25, 0.3) is 0 Å². The van der Waals surface area contributed by atoms with Crippen LogP contribution in [-0.2, 0) is 4.79 Å². The van der Waals surface area contributed by atoms with Crippen molar-refractivity contribution in [3.05, 3.63) is 76.7 Å². The number of carbonyl (C=O) groups excluding carboxylic acids is 2. The molecule has 0 spiro atoms. The lowest BCUT2D eigenvalue weighted by molar-refractivity contribution is -0.116. The maximum absolute atomic E-state index is 13.1. The minimum atomic E-state index is -0.565. The molecule has 124 valence electrons. The predicted molar refractivity (Wildman–Crippen MR) is 96.3 cm³/mol. The lowest BCUT2D eigenvalue weighted by Crippen LogP contribution is -2.25. The van der Waals surface area contributed by atoms with Gasteiger partial charge in [0, 0.05) is 11.1 Å². The number of amides is 2. The highest BCUT2D eigenvalue weighted by Gasteiger charge is 2.33. The van der Waals surface area contributed by atoms with Crippen LogP contribution < -0.4 is 15.8 Å². The summed E-state index contributed by atoms with van der Waals surface area (Å²) >= 11 is 1.27. The van der Waals surface area contributed by atoms with Crippen molar-refractivity contribution in [2.75, 3.05) is 5.32 Å². The van der Waals surface area contributed by atoms with E-state index in [9.17, 15) is 9.59 Å². The maximum Gasteiger partial charge on any atom is 0.251 e. The highest BCUT2D eigenvalue weighted by atomic mass is 32.1. The second kappa shape index (κ2) is 6.07.